The van der Waals surface area contributed by atoms with Gasteiger partial charge < -0.3 is 4.90 Å². The van der Waals surface area contributed by atoms with Crippen LogP contribution in [0.5, 0.6) is 0 Å². The number of nitrogens with zero attached hydrogens (tertiary/aromatic N) is 4. The molecule has 0 radical (unpaired) electrons. The normalized spacial score (nSPS) is 14.0. The average Bonchev–Trinajstić information content (AvgIpc) is 3.24. The van der Waals surface area contributed by atoms with Crippen LogP contribution in [-0.2, 0) is 14.4 Å². The summed E-state index contributed by atoms with van der Waals surface area (Å²) in [6, 6.07) is 5.96. The fraction of sp³-hybridized carbons (Fsp3) is 0.500. The molecule has 2 heterocycles. The number of para-hydroxylation sites is 1. The fourth-order valence-corrected chi connectivity index (χ4v) is 4.40. The molecule has 1 saturated heterocycles. The van der Waals surface area contributed by atoms with Gasteiger partial charge in [0.25, 0.3) is 0 Å². The van der Waals surface area contributed by atoms with E-state index in [1.54, 1.807) is 4.90 Å². The maximum absolute atomic E-state index is 13.1. The lowest BCUT2D eigenvalue weighted by Gasteiger charge is -2.26. The van der Waals surface area contributed by atoms with Crippen LogP contribution in [0.25, 0.3) is 10.2 Å². The molecule has 0 bridgehead atoms. The van der Waals surface area contributed by atoms with Gasteiger partial charge >= 0.3 is 0 Å². The van der Waals surface area contributed by atoms with Gasteiger partial charge in [-0.25, -0.2) is 4.98 Å². The summed E-state index contributed by atoms with van der Waals surface area (Å²) < 4.78 is 1.02. The molecule has 3 amide bonds. The van der Waals surface area contributed by atoms with Crippen molar-refractivity contribution in [3.63, 3.8) is 0 Å². The number of likely N-dealkylation sites (tertiary alicyclic amines) is 1. The van der Waals surface area contributed by atoms with Gasteiger partial charge in [-0.2, -0.15) is 0 Å². The zero-order chi connectivity index (χ0) is 20.3. The van der Waals surface area contributed by atoms with Crippen molar-refractivity contribution in [2.75, 3.05) is 37.6 Å². The number of rotatable bonds is 8. The van der Waals surface area contributed by atoms with E-state index in [0.717, 1.165) is 33.8 Å². The van der Waals surface area contributed by atoms with Gasteiger partial charge in [-0.15, -0.1) is 12.4 Å². The second-order valence-electron chi connectivity index (χ2n) is 6.86. The summed E-state index contributed by atoms with van der Waals surface area (Å²) in [6.45, 7) is 8.89. The fourth-order valence-electron chi connectivity index (χ4n) is 3.32. The van der Waals surface area contributed by atoms with E-state index in [9.17, 15) is 14.4 Å². The number of carbonyl (C=O) groups excluding carboxylic acids is 3. The van der Waals surface area contributed by atoms with Crippen LogP contribution in [0.15, 0.2) is 18.2 Å². The minimum Gasteiger partial charge on any atom is -0.302 e. The maximum Gasteiger partial charge on any atom is 0.248 e. The zero-order valence-electron chi connectivity index (χ0n) is 17.0. The third-order valence-corrected chi connectivity index (χ3v) is 6.17. The van der Waals surface area contributed by atoms with Gasteiger partial charge in [0.15, 0.2) is 5.13 Å². The van der Waals surface area contributed by atoms with Crippen molar-refractivity contribution < 1.29 is 14.4 Å². The second kappa shape index (κ2) is 10.1. The molecular weight excluding hydrogens is 412 g/mol. The van der Waals surface area contributed by atoms with E-state index in [-0.39, 0.29) is 49.5 Å². The molecule has 0 spiro atoms. The van der Waals surface area contributed by atoms with Gasteiger partial charge in [0, 0.05) is 25.9 Å². The lowest BCUT2D eigenvalue weighted by atomic mass is 10.2. The lowest BCUT2D eigenvalue weighted by Crippen LogP contribution is -2.45. The van der Waals surface area contributed by atoms with E-state index >= 15 is 0 Å². The van der Waals surface area contributed by atoms with E-state index in [2.05, 4.69) is 18.7 Å². The number of aryl methyl sites for hydroxylation is 1. The van der Waals surface area contributed by atoms with Crippen LogP contribution in [0, 0.1) is 6.92 Å². The predicted molar refractivity (Wildman–Crippen MR) is 118 cm³/mol. The quantitative estimate of drug-likeness (QED) is 0.592. The van der Waals surface area contributed by atoms with Crippen molar-refractivity contribution in [2.45, 2.75) is 33.6 Å². The molecule has 1 aromatic heterocycles. The number of hydrogen-bond acceptors (Lipinski definition) is 6. The number of likely N-dealkylation sites (N-methyl/N-ethyl adjacent to an activating group) is 1. The Morgan fingerprint density at radius 1 is 1.14 bits per heavy atom. The van der Waals surface area contributed by atoms with E-state index in [1.807, 2.05) is 25.1 Å². The number of carbonyl (C=O) groups is 3. The Hall–Kier alpha value is -2.03. The molecule has 7 nitrogen and oxygen atoms in total. The summed E-state index contributed by atoms with van der Waals surface area (Å²) in [6.07, 6.45) is 0.373. The molecule has 0 saturated carbocycles. The van der Waals surface area contributed by atoms with Gasteiger partial charge in [0.05, 0.1) is 10.2 Å². The van der Waals surface area contributed by atoms with E-state index in [0.29, 0.717) is 18.2 Å². The van der Waals surface area contributed by atoms with Gasteiger partial charge in [-0.3, -0.25) is 24.2 Å². The summed E-state index contributed by atoms with van der Waals surface area (Å²) in [5, 5.41) is 0.612. The first-order valence-electron chi connectivity index (χ1n) is 9.66. The van der Waals surface area contributed by atoms with Crippen LogP contribution >= 0.6 is 23.7 Å². The van der Waals surface area contributed by atoms with Gasteiger partial charge in [0.1, 0.15) is 6.54 Å². The lowest BCUT2D eigenvalue weighted by molar-refractivity contribution is -0.141. The van der Waals surface area contributed by atoms with Crippen molar-refractivity contribution in [1.82, 2.24) is 14.8 Å². The molecule has 1 aromatic carbocycles. The van der Waals surface area contributed by atoms with Crippen molar-refractivity contribution in [1.29, 1.82) is 0 Å². The smallest absolute Gasteiger partial charge is 0.248 e. The van der Waals surface area contributed by atoms with Crippen LogP contribution in [0.4, 0.5) is 5.13 Å². The molecule has 0 atom stereocenters. The highest BCUT2D eigenvalue weighted by atomic mass is 35.5. The Morgan fingerprint density at radius 2 is 1.79 bits per heavy atom. The highest BCUT2D eigenvalue weighted by Gasteiger charge is 2.32. The summed E-state index contributed by atoms with van der Waals surface area (Å²) in [4.78, 5) is 46.6. The molecule has 29 heavy (non-hydrogen) atoms. The highest BCUT2D eigenvalue weighted by molar-refractivity contribution is 7.22. The van der Waals surface area contributed by atoms with E-state index in [1.165, 1.54) is 11.3 Å². The number of aromatic nitrogens is 1. The summed E-state index contributed by atoms with van der Waals surface area (Å²) in [5.41, 5.74) is 1.94. The monoisotopic (exact) mass is 438 g/mol. The van der Waals surface area contributed by atoms with Crippen LogP contribution in [0.3, 0.4) is 0 Å². The maximum atomic E-state index is 13.1. The summed E-state index contributed by atoms with van der Waals surface area (Å²) in [5.74, 6) is -0.822. The first-order chi connectivity index (χ1) is 13.4. The summed E-state index contributed by atoms with van der Waals surface area (Å²) in [7, 11) is 0. The number of fused-ring (bicyclic) bond motifs is 1. The van der Waals surface area contributed by atoms with Gasteiger partial charge in [-0.05, 0) is 31.6 Å². The first-order valence-corrected chi connectivity index (χ1v) is 10.5. The van der Waals surface area contributed by atoms with E-state index in [4.69, 9.17) is 4.98 Å². The molecule has 3 rings (SSSR count). The molecule has 1 fully saturated rings. The van der Waals surface area contributed by atoms with Crippen molar-refractivity contribution >= 4 is 56.8 Å². The van der Waals surface area contributed by atoms with Gasteiger partial charge in [0.2, 0.25) is 17.7 Å². The molecule has 1 aliphatic heterocycles. The number of thiazole rings is 1. The molecule has 0 unspecified atom stereocenters. The van der Waals surface area contributed by atoms with Crippen LogP contribution in [-0.4, -0.2) is 65.2 Å². The SMILES string of the molecule is CCN(CC)CCN(C(=O)CN1C(=O)CCC1=O)c1nc2c(C)cccc2s1.Cl. The molecule has 158 valence electrons. The minimum atomic E-state index is -0.276. The third-order valence-electron chi connectivity index (χ3n) is 5.12. The molecular formula is C20H27ClN4O3S. The largest absolute Gasteiger partial charge is 0.302 e. The standard InChI is InChI=1S/C20H26N4O3S.ClH/c1-4-22(5-2)11-12-23(18(27)13-24-16(25)9-10-17(24)26)20-21-19-14(3)7-6-8-15(19)28-20;/h6-8H,4-5,9-13H2,1-3H3;1H. The number of hydrogen-bond donors (Lipinski definition) is 0. The van der Waals surface area contributed by atoms with Crippen molar-refractivity contribution in [3.8, 4) is 0 Å². The average molecular weight is 439 g/mol. The summed E-state index contributed by atoms with van der Waals surface area (Å²) >= 11 is 1.46. The number of imide groups is 1. The zero-order valence-corrected chi connectivity index (χ0v) is 18.6. The molecule has 9 heteroatoms. The second-order valence-corrected chi connectivity index (χ2v) is 7.87. The molecule has 0 N–H and O–H groups in total. The number of benzene rings is 1. The van der Waals surface area contributed by atoms with Crippen LogP contribution < -0.4 is 4.90 Å². The van der Waals surface area contributed by atoms with E-state index < -0.39 is 0 Å². The predicted octanol–water partition coefficient (Wildman–Crippen LogP) is 2.85. The highest BCUT2D eigenvalue weighted by Crippen LogP contribution is 2.30. The van der Waals surface area contributed by atoms with Crippen LogP contribution in [0.2, 0.25) is 0 Å². The Morgan fingerprint density at radius 3 is 2.38 bits per heavy atom. The molecule has 2 aromatic rings. The Labute approximate surface area is 181 Å². The topological polar surface area (TPSA) is 73.8 Å². The Kier molecular flexibility index (Phi) is 8.13. The van der Waals surface area contributed by atoms with Crippen molar-refractivity contribution in [2.24, 2.45) is 0 Å². The Bertz CT molecular complexity index is 881. The first kappa shape index (κ1) is 23.3. The minimum absolute atomic E-state index is 0. The number of amides is 3. The van der Waals surface area contributed by atoms with Crippen molar-refractivity contribution in [3.05, 3.63) is 23.8 Å². The van der Waals surface area contributed by atoms with Crippen LogP contribution in [0.1, 0.15) is 32.3 Å². The molecule has 1 aliphatic rings. The van der Waals surface area contributed by atoms with Gasteiger partial charge in [-0.1, -0.05) is 37.3 Å². The number of anilines is 1. The molecule has 0 aliphatic carbocycles. The Balaban J connectivity index is 0.00000300. The number of halogens is 1. The third kappa shape index (κ3) is 5.12.